The quantitative estimate of drug-likeness (QED) is 0.674. The Labute approximate surface area is 120 Å². The minimum atomic E-state index is -0.636. The number of rotatable bonds is 3. The van der Waals surface area contributed by atoms with Gasteiger partial charge in [-0.15, -0.1) is 0 Å². The monoisotopic (exact) mass is 294 g/mol. The van der Waals surface area contributed by atoms with Crippen LogP contribution in [-0.2, 0) is 11.3 Å². The Balaban J connectivity index is 2.10. The molecule has 0 bridgehead atoms. The molecule has 0 saturated carbocycles. The van der Waals surface area contributed by atoms with Crippen LogP contribution < -0.4 is 11.5 Å². The van der Waals surface area contributed by atoms with Crippen LogP contribution in [0.1, 0.15) is 15.9 Å². The molecule has 0 spiro atoms. The van der Waals surface area contributed by atoms with E-state index in [-0.39, 0.29) is 22.8 Å². The minimum Gasteiger partial charge on any atom is -0.457 e. The van der Waals surface area contributed by atoms with Gasteiger partial charge in [-0.05, 0) is 24.3 Å². The summed E-state index contributed by atoms with van der Waals surface area (Å²) in [6.07, 6.45) is 0. The topological polar surface area (TPSA) is 78.3 Å². The summed E-state index contributed by atoms with van der Waals surface area (Å²) in [5, 5.41) is -0.0215. The lowest BCUT2D eigenvalue weighted by Gasteiger charge is -2.08. The summed E-state index contributed by atoms with van der Waals surface area (Å²) in [5.74, 6) is -1.24. The number of ether oxygens (including phenoxy) is 1. The van der Waals surface area contributed by atoms with Gasteiger partial charge in [0.05, 0.1) is 10.6 Å². The number of halogens is 2. The second-order valence-corrected chi connectivity index (χ2v) is 4.58. The molecule has 4 N–H and O–H groups in total. The predicted molar refractivity (Wildman–Crippen MR) is 75.8 cm³/mol. The summed E-state index contributed by atoms with van der Waals surface area (Å²) < 4.78 is 18.6. The molecule has 0 saturated heterocycles. The summed E-state index contributed by atoms with van der Waals surface area (Å²) >= 11 is 5.64. The minimum absolute atomic E-state index is 0.0215. The molecule has 2 aromatic carbocycles. The Bertz CT molecular complexity index is 641. The maximum absolute atomic E-state index is 13.6. The Kier molecular flexibility index (Phi) is 4.10. The zero-order chi connectivity index (χ0) is 14.7. The van der Waals surface area contributed by atoms with Crippen LogP contribution >= 0.6 is 11.6 Å². The van der Waals surface area contributed by atoms with E-state index in [0.717, 1.165) is 0 Å². The average Bonchev–Trinajstić information content (AvgIpc) is 2.39. The van der Waals surface area contributed by atoms with E-state index in [1.165, 1.54) is 30.3 Å². The van der Waals surface area contributed by atoms with Crippen LogP contribution in [-0.4, -0.2) is 5.97 Å². The molecule has 4 nitrogen and oxygen atoms in total. The van der Waals surface area contributed by atoms with E-state index in [0.29, 0.717) is 11.4 Å². The van der Waals surface area contributed by atoms with E-state index in [4.69, 9.17) is 27.8 Å². The number of nitrogens with two attached hydrogens (primary N) is 2. The van der Waals surface area contributed by atoms with Crippen molar-refractivity contribution in [1.29, 1.82) is 0 Å². The third-order valence-corrected chi connectivity index (χ3v) is 2.90. The van der Waals surface area contributed by atoms with E-state index < -0.39 is 11.8 Å². The highest BCUT2D eigenvalue weighted by Gasteiger charge is 2.12. The molecule has 0 aromatic heterocycles. The molecule has 0 atom stereocenters. The van der Waals surface area contributed by atoms with Gasteiger partial charge in [0, 0.05) is 16.9 Å². The van der Waals surface area contributed by atoms with E-state index >= 15 is 0 Å². The molecule has 0 aliphatic heterocycles. The molecule has 2 aromatic rings. The van der Waals surface area contributed by atoms with Crippen LogP contribution in [0.5, 0.6) is 0 Å². The molecule has 20 heavy (non-hydrogen) atoms. The summed E-state index contributed by atoms with van der Waals surface area (Å²) in [5.41, 5.74) is 12.3. The van der Waals surface area contributed by atoms with Crippen LogP contribution in [0.4, 0.5) is 15.8 Å². The fourth-order valence-electron chi connectivity index (χ4n) is 1.68. The highest BCUT2D eigenvalue weighted by molar-refractivity contribution is 6.30. The van der Waals surface area contributed by atoms with E-state index in [2.05, 4.69) is 0 Å². The molecule has 0 aliphatic rings. The van der Waals surface area contributed by atoms with Crippen molar-refractivity contribution in [3.05, 3.63) is 58.4 Å². The van der Waals surface area contributed by atoms with Gasteiger partial charge < -0.3 is 16.2 Å². The number of esters is 1. The lowest BCUT2D eigenvalue weighted by atomic mass is 10.2. The molecule has 0 aliphatic carbocycles. The second kappa shape index (κ2) is 5.79. The fourth-order valence-corrected chi connectivity index (χ4v) is 1.88. The van der Waals surface area contributed by atoms with Crippen molar-refractivity contribution in [2.75, 3.05) is 11.5 Å². The van der Waals surface area contributed by atoms with E-state index in [1.54, 1.807) is 6.07 Å². The highest BCUT2D eigenvalue weighted by Crippen LogP contribution is 2.20. The molecule has 0 amide bonds. The fraction of sp³-hybridized carbons (Fsp3) is 0.0714. The average molecular weight is 295 g/mol. The maximum Gasteiger partial charge on any atom is 0.338 e. The first kappa shape index (κ1) is 14.1. The Morgan fingerprint density at radius 2 is 1.85 bits per heavy atom. The molecule has 2 rings (SSSR count). The Hall–Kier alpha value is -2.27. The van der Waals surface area contributed by atoms with E-state index in [9.17, 15) is 9.18 Å². The van der Waals surface area contributed by atoms with E-state index in [1.807, 2.05) is 0 Å². The zero-order valence-corrected chi connectivity index (χ0v) is 11.2. The maximum atomic E-state index is 13.6. The van der Waals surface area contributed by atoms with Gasteiger partial charge in [0.1, 0.15) is 12.4 Å². The van der Waals surface area contributed by atoms with Crippen molar-refractivity contribution in [2.45, 2.75) is 6.61 Å². The standard InChI is InChI=1S/C14H12ClFN2O2/c15-12-3-1-2-8(13(12)16)7-20-14(19)9-4-10(17)6-11(18)5-9/h1-6H,7,17-18H2. The summed E-state index contributed by atoms with van der Waals surface area (Å²) in [7, 11) is 0. The molecule has 0 radical (unpaired) electrons. The summed E-state index contributed by atoms with van der Waals surface area (Å²) in [6.45, 7) is -0.222. The smallest absolute Gasteiger partial charge is 0.338 e. The number of carbonyl (C=O) groups excluding carboxylic acids is 1. The molecule has 0 fully saturated rings. The van der Waals surface area contributed by atoms with Crippen molar-refractivity contribution in [3.8, 4) is 0 Å². The lowest BCUT2D eigenvalue weighted by molar-refractivity contribution is 0.0469. The summed E-state index contributed by atoms with van der Waals surface area (Å²) in [6, 6.07) is 8.88. The van der Waals surface area contributed by atoms with Crippen LogP contribution in [0.15, 0.2) is 36.4 Å². The lowest BCUT2D eigenvalue weighted by Crippen LogP contribution is -2.07. The summed E-state index contributed by atoms with van der Waals surface area (Å²) in [4.78, 5) is 11.8. The Morgan fingerprint density at radius 3 is 2.50 bits per heavy atom. The van der Waals surface area contributed by atoms with Crippen molar-refractivity contribution in [1.82, 2.24) is 0 Å². The van der Waals surface area contributed by atoms with Crippen molar-refractivity contribution in [2.24, 2.45) is 0 Å². The number of nitrogen functional groups attached to an aromatic ring is 2. The zero-order valence-electron chi connectivity index (χ0n) is 10.4. The largest absolute Gasteiger partial charge is 0.457 e. The number of benzene rings is 2. The van der Waals surface area contributed by atoms with Gasteiger partial charge in [0.25, 0.3) is 0 Å². The van der Waals surface area contributed by atoms with Gasteiger partial charge in [-0.25, -0.2) is 9.18 Å². The third kappa shape index (κ3) is 3.19. The van der Waals surface area contributed by atoms with Crippen LogP contribution in [0, 0.1) is 5.82 Å². The van der Waals surface area contributed by atoms with Gasteiger partial charge in [-0.1, -0.05) is 23.7 Å². The van der Waals surface area contributed by atoms with Gasteiger partial charge in [0.2, 0.25) is 0 Å². The number of hydrogen-bond acceptors (Lipinski definition) is 4. The van der Waals surface area contributed by atoms with Gasteiger partial charge in [-0.3, -0.25) is 0 Å². The highest BCUT2D eigenvalue weighted by atomic mass is 35.5. The number of carbonyl (C=O) groups is 1. The first-order valence-corrected chi connectivity index (χ1v) is 6.11. The first-order chi connectivity index (χ1) is 9.47. The van der Waals surface area contributed by atoms with Gasteiger partial charge in [0.15, 0.2) is 0 Å². The van der Waals surface area contributed by atoms with Gasteiger partial charge >= 0.3 is 5.97 Å². The van der Waals surface area contributed by atoms with Crippen molar-refractivity contribution in [3.63, 3.8) is 0 Å². The Morgan fingerprint density at radius 1 is 1.20 bits per heavy atom. The first-order valence-electron chi connectivity index (χ1n) is 5.73. The molecular formula is C14H12ClFN2O2. The van der Waals surface area contributed by atoms with Crippen LogP contribution in [0.2, 0.25) is 5.02 Å². The predicted octanol–water partition coefficient (Wildman–Crippen LogP) is 3.00. The molecular weight excluding hydrogens is 283 g/mol. The third-order valence-electron chi connectivity index (χ3n) is 2.60. The normalized spacial score (nSPS) is 10.3. The second-order valence-electron chi connectivity index (χ2n) is 4.18. The van der Waals surface area contributed by atoms with Crippen molar-refractivity contribution >= 4 is 28.9 Å². The molecule has 6 heteroatoms. The van der Waals surface area contributed by atoms with Crippen LogP contribution in [0.3, 0.4) is 0 Å². The van der Waals surface area contributed by atoms with Crippen molar-refractivity contribution < 1.29 is 13.9 Å². The molecule has 104 valence electrons. The molecule has 0 unspecified atom stereocenters. The van der Waals surface area contributed by atoms with Gasteiger partial charge in [-0.2, -0.15) is 0 Å². The molecule has 0 heterocycles. The number of hydrogen-bond donors (Lipinski definition) is 2. The SMILES string of the molecule is Nc1cc(N)cc(C(=O)OCc2cccc(Cl)c2F)c1. The van der Waals surface area contributed by atoms with Crippen LogP contribution in [0.25, 0.3) is 0 Å². The number of anilines is 2.